The maximum atomic E-state index is 11.9. The second kappa shape index (κ2) is 5.71. The number of nitrogens with one attached hydrogen (secondary N) is 1. The van der Waals surface area contributed by atoms with E-state index < -0.39 is 0 Å². The van der Waals surface area contributed by atoms with Crippen LogP contribution in [0.1, 0.15) is 18.4 Å². The number of carbonyl (C=O) groups excluding carboxylic acids is 2. The molecule has 1 saturated heterocycles. The number of benzene rings is 1. The zero-order chi connectivity index (χ0) is 14.0. The van der Waals surface area contributed by atoms with Gasteiger partial charge in [-0.15, -0.1) is 0 Å². The van der Waals surface area contributed by atoms with Crippen LogP contribution in [0.15, 0.2) is 22.7 Å². The van der Waals surface area contributed by atoms with Crippen molar-refractivity contribution in [1.29, 1.82) is 0 Å². The molecule has 1 fully saturated rings. The van der Waals surface area contributed by atoms with Gasteiger partial charge in [-0.05, 0) is 28.4 Å². The highest BCUT2D eigenvalue weighted by Crippen LogP contribution is 2.27. The molecule has 5 nitrogen and oxygen atoms in total. The Kier molecular flexibility index (Phi) is 4.21. The summed E-state index contributed by atoms with van der Waals surface area (Å²) < 4.78 is 0.620. The van der Waals surface area contributed by atoms with E-state index in [1.807, 2.05) is 6.07 Å². The number of piperidine rings is 1. The normalized spacial score (nSPS) is 19.9. The smallest absolute Gasteiger partial charge is 0.246 e. The van der Waals surface area contributed by atoms with Gasteiger partial charge in [0, 0.05) is 25.6 Å². The van der Waals surface area contributed by atoms with E-state index in [2.05, 4.69) is 21.2 Å². The number of imide groups is 1. The third kappa shape index (κ3) is 2.96. The summed E-state index contributed by atoms with van der Waals surface area (Å²) in [5, 5.41) is 12.9. The topological polar surface area (TPSA) is 69.6 Å². The fraction of sp³-hybridized carbons (Fsp3) is 0.385. The Labute approximate surface area is 119 Å². The minimum atomic E-state index is -0.374. The monoisotopic (exact) mass is 326 g/mol. The van der Waals surface area contributed by atoms with Crippen molar-refractivity contribution in [2.24, 2.45) is 0 Å². The van der Waals surface area contributed by atoms with Gasteiger partial charge in [0.25, 0.3) is 0 Å². The van der Waals surface area contributed by atoms with Crippen LogP contribution in [0.2, 0.25) is 0 Å². The second-order valence-corrected chi connectivity index (χ2v) is 5.37. The molecule has 0 radical (unpaired) electrons. The first kappa shape index (κ1) is 14.0. The number of amides is 2. The van der Waals surface area contributed by atoms with E-state index in [1.165, 1.54) is 7.05 Å². The number of likely N-dealkylation sites (tertiary alicyclic amines) is 1. The molecule has 102 valence electrons. The van der Waals surface area contributed by atoms with E-state index in [4.69, 9.17) is 0 Å². The van der Waals surface area contributed by atoms with Crippen LogP contribution < -0.4 is 5.32 Å². The first-order chi connectivity index (χ1) is 9.00. The number of phenols is 1. The third-order valence-electron chi connectivity index (χ3n) is 3.26. The summed E-state index contributed by atoms with van der Waals surface area (Å²) in [6.07, 6.45) is 0.862. The maximum absolute atomic E-state index is 11.9. The van der Waals surface area contributed by atoms with Gasteiger partial charge in [0.05, 0.1) is 10.5 Å². The molecule has 0 bridgehead atoms. The molecule has 1 heterocycles. The van der Waals surface area contributed by atoms with Gasteiger partial charge in [-0.25, -0.2) is 0 Å². The highest BCUT2D eigenvalue weighted by Gasteiger charge is 2.31. The summed E-state index contributed by atoms with van der Waals surface area (Å²) in [5.41, 5.74) is 0.710. The largest absolute Gasteiger partial charge is 0.506 e. The van der Waals surface area contributed by atoms with Gasteiger partial charge in [-0.1, -0.05) is 12.1 Å². The lowest BCUT2D eigenvalue weighted by Gasteiger charge is -2.28. The van der Waals surface area contributed by atoms with E-state index in [0.717, 1.165) is 4.90 Å². The predicted molar refractivity (Wildman–Crippen MR) is 73.4 cm³/mol. The van der Waals surface area contributed by atoms with Crippen molar-refractivity contribution >= 4 is 27.7 Å². The van der Waals surface area contributed by atoms with Crippen molar-refractivity contribution in [2.75, 3.05) is 7.05 Å². The summed E-state index contributed by atoms with van der Waals surface area (Å²) in [4.78, 5) is 24.4. The molecule has 0 aliphatic carbocycles. The van der Waals surface area contributed by atoms with Crippen LogP contribution in [-0.2, 0) is 16.1 Å². The van der Waals surface area contributed by atoms with Gasteiger partial charge in [0.15, 0.2) is 0 Å². The lowest BCUT2D eigenvalue weighted by molar-refractivity contribution is -0.148. The van der Waals surface area contributed by atoms with Gasteiger partial charge in [0.2, 0.25) is 11.8 Å². The Morgan fingerprint density at radius 2 is 2.21 bits per heavy atom. The number of halogens is 1. The molecule has 19 heavy (non-hydrogen) atoms. The van der Waals surface area contributed by atoms with Crippen molar-refractivity contribution in [3.63, 3.8) is 0 Å². The van der Waals surface area contributed by atoms with Crippen molar-refractivity contribution < 1.29 is 14.7 Å². The number of aromatic hydroxyl groups is 1. The van der Waals surface area contributed by atoms with E-state index in [1.54, 1.807) is 12.1 Å². The highest BCUT2D eigenvalue weighted by molar-refractivity contribution is 9.10. The lowest BCUT2D eigenvalue weighted by atomic mass is 10.0. The molecule has 0 spiro atoms. The van der Waals surface area contributed by atoms with Gasteiger partial charge >= 0.3 is 0 Å². The van der Waals surface area contributed by atoms with Crippen molar-refractivity contribution in [3.8, 4) is 5.75 Å². The van der Waals surface area contributed by atoms with Crippen LogP contribution in [0.25, 0.3) is 0 Å². The van der Waals surface area contributed by atoms with Crippen LogP contribution in [0, 0.1) is 0 Å². The standard InChI is InChI=1S/C13H15BrN2O3/c1-16-11(17)6-5-10(13(16)19)15-7-8-3-2-4-9(14)12(8)18/h2-4,10,15,18H,5-7H2,1H3. The van der Waals surface area contributed by atoms with Crippen molar-refractivity contribution in [2.45, 2.75) is 25.4 Å². The van der Waals surface area contributed by atoms with Crippen LogP contribution in [0.5, 0.6) is 5.75 Å². The molecule has 2 rings (SSSR count). The zero-order valence-corrected chi connectivity index (χ0v) is 12.1. The Bertz CT molecular complexity index is 519. The molecule has 1 aliphatic rings. The molecule has 1 unspecified atom stereocenters. The summed E-state index contributed by atoms with van der Waals surface area (Å²) in [5.74, 6) is -0.193. The second-order valence-electron chi connectivity index (χ2n) is 4.51. The molecular weight excluding hydrogens is 312 g/mol. The molecule has 1 aromatic carbocycles. The maximum Gasteiger partial charge on any atom is 0.246 e. The molecule has 1 aromatic rings. The number of phenolic OH excluding ortho intramolecular Hbond substituents is 1. The van der Waals surface area contributed by atoms with Gasteiger partial charge in [0.1, 0.15) is 5.75 Å². The summed E-state index contributed by atoms with van der Waals surface area (Å²) >= 11 is 3.24. The number of hydrogen-bond donors (Lipinski definition) is 2. The Hall–Kier alpha value is -1.40. The van der Waals surface area contributed by atoms with Crippen molar-refractivity contribution in [1.82, 2.24) is 10.2 Å². The highest BCUT2D eigenvalue weighted by atomic mass is 79.9. The Balaban J connectivity index is 2.01. The first-order valence-electron chi connectivity index (χ1n) is 6.01. The van der Waals surface area contributed by atoms with Crippen LogP contribution in [0.4, 0.5) is 0 Å². The number of hydrogen-bond acceptors (Lipinski definition) is 4. The van der Waals surface area contributed by atoms with E-state index >= 15 is 0 Å². The predicted octanol–water partition coefficient (Wildman–Crippen LogP) is 1.39. The van der Waals surface area contributed by atoms with Gasteiger partial charge in [-0.3, -0.25) is 14.5 Å². The zero-order valence-electron chi connectivity index (χ0n) is 10.5. The molecular formula is C13H15BrN2O3. The van der Waals surface area contributed by atoms with Crippen LogP contribution in [0.3, 0.4) is 0 Å². The lowest BCUT2D eigenvalue weighted by Crippen LogP contribution is -2.51. The quantitative estimate of drug-likeness (QED) is 0.823. The summed E-state index contributed by atoms with van der Waals surface area (Å²) in [6.45, 7) is 0.379. The fourth-order valence-corrected chi connectivity index (χ4v) is 2.45. The SMILES string of the molecule is CN1C(=O)CCC(NCc2cccc(Br)c2O)C1=O. The van der Waals surface area contributed by atoms with Crippen molar-refractivity contribution in [3.05, 3.63) is 28.2 Å². The van der Waals surface area contributed by atoms with Gasteiger partial charge < -0.3 is 10.4 Å². The van der Waals surface area contributed by atoms with Crippen LogP contribution >= 0.6 is 15.9 Å². The molecule has 2 amide bonds. The molecule has 0 saturated carbocycles. The number of likely N-dealkylation sites (N-methyl/N-ethyl adjacent to an activating group) is 1. The average molecular weight is 327 g/mol. The van der Waals surface area contributed by atoms with Crippen LogP contribution in [-0.4, -0.2) is 34.9 Å². The third-order valence-corrected chi connectivity index (χ3v) is 3.90. The molecule has 1 atom stereocenters. The van der Waals surface area contributed by atoms with E-state index in [-0.39, 0.29) is 23.6 Å². The number of carbonyl (C=O) groups is 2. The Morgan fingerprint density at radius 1 is 1.47 bits per heavy atom. The first-order valence-corrected chi connectivity index (χ1v) is 6.80. The molecule has 6 heteroatoms. The Morgan fingerprint density at radius 3 is 2.95 bits per heavy atom. The molecule has 1 aliphatic heterocycles. The minimum Gasteiger partial charge on any atom is -0.506 e. The number of para-hydroxylation sites is 1. The number of rotatable bonds is 3. The summed E-state index contributed by atoms with van der Waals surface area (Å²) in [7, 11) is 1.50. The molecule has 0 aromatic heterocycles. The van der Waals surface area contributed by atoms with E-state index in [9.17, 15) is 14.7 Å². The number of nitrogens with zero attached hydrogens (tertiary/aromatic N) is 1. The van der Waals surface area contributed by atoms with Gasteiger partial charge in [-0.2, -0.15) is 0 Å². The average Bonchev–Trinajstić information content (AvgIpc) is 2.40. The van der Waals surface area contributed by atoms with E-state index in [0.29, 0.717) is 29.4 Å². The minimum absolute atomic E-state index is 0.145. The molecule has 2 N–H and O–H groups in total. The summed E-state index contributed by atoms with van der Waals surface area (Å²) in [6, 6.07) is 4.98. The fourth-order valence-electron chi connectivity index (χ4n) is 2.04.